The lowest BCUT2D eigenvalue weighted by Crippen LogP contribution is -2.39. The van der Waals surface area contributed by atoms with E-state index in [1.807, 2.05) is 126 Å². The van der Waals surface area contributed by atoms with Gasteiger partial charge in [0.1, 0.15) is 5.54 Å². The lowest BCUT2D eigenvalue weighted by atomic mass is 9.77. The molecule has 0 N–H and O–H groups in total. The lowest BCUT2D eigenvalue weighted by molar-refractivity contribution is -0.161. The lowest BCUT2D eigenvalue weighted by Gasteiger charge is -2.36. The van der Waals surface area contributed by atoms with E-state index in [1.165, 1.54) is 0 Å². The quantitative estimate of drug-likeness (QED) is 0.0676. The van der Waals surface area contributed by atoms with Gasteiger partial charge in [0.25, 0.3) is 0 Å². The Labute approximate surface area is 348 Å². The fourth-order valence-electron chi connectivity index (χ4n) is 7.56. The summed E-state index contributed by atoms with van der Waals surface area (Å²) < 4.78 is 20.5. The van der Waals surface area contributed by atoms with Crippen molar-refractivity contribution in [3.8, 4) is 34.2 Å². The summed E-state index contributed by atoms with van der Waals surface area (Å²) in [6.07, 6.45) is 0. The Kier molecular flexibility index (Phi) is 10.8. The number of benzene rings is 6. The minimum atomic E-state index is -0.928. The minimum Gasteiger partial charge on any atom is -0.465 e. The highest BCUT2D eigenvalue weighted by Gasteiger charge is 2.42. The van der Waals surface area contributed by atoms with Gasteiger partial charge in [0, 0.05) is 5.56 Å². The molecular weight excluding hydrogens is 753 g/mol. The van der Waals surface area contributed by atoms with Crippen molar-refractivity contribution in [2.24, 2.45) is 5.41 Å². The van der Waals surface area contributed by atoms with Gasteiger partial charge < -0.3 is 14.2 Å². The van der Waals surface area contributed by atoms with Gasteiger partial charge in [-0.05, 0) is 96.6 Å². The van der Waals surface area contributed by atoms with Crippen LogP contribution in [0.2, 0.25) is 0 Å². The summed E-state index contributed by atoms with van der Waals surface area (Å²) in [6.45, 7) is 8.83. The first-order chi connectivity index (χ1) is 29.1. The number of rotatable bonds is 12. The van der Waals surface area contributed by atoms with Crippen LogP contribution in [0.5, 0.6) is 6.01 Å². The predicted octanol–water partition coefficient (Wildman–Crippen LogP) is 9.60. The Morgan fingerprint density at radius 2 is 1.23 bits per heavy atom. The third kappa shape index (κ3) is 7.19. The molecule has 0 radical (unpaired) electrons. The number of aryl methyl sites for hydroxylation is 1. The fourth-order valence-corrected chi connectivity index (χ4v) is 7.56. The summed E-state index contributed by atoms with van der Waals surface area (Å²) in [6, 6.07) is 50.8. The number of imidazole rings is 1. The van der Waals surface area contributed by atoms with Crippen LogP contribution in [-0.2, 0) is 19.8 Å². The summed E-state index contributed by atoms with van der Waals surface area (Å²) in [4.78, 5) is 30.8. The molecule has 0 atom stereocenters. The number of hydrogen-bond acceptors (Lipinski definition) is 9. The highest BCUT2D eigenvalue weighted by molar-refractivity contribution is 6.04. The highest BCUT2D eigenvalue weighted by Crippen LogP contribution is 2.43. The van der Waals surface area contributed by atoms with E-state index in [0.717, 1.165) is 38.9 Å². The number of carbonyl (C=O) groups excluding carboxylic acids is 2. The molecule has 0 amide bonds. The maximum Gasteiger partial charge on any atom is 0.343 e. The van der Waals surface area contributed by atoms with E-state index in [2.05, 4.69) is 47.7 Å². The second-order valence-electron chi connectivity index (χ2n) is 15.3. The first-order valence-corrected chi connectivity index (χ1v) is 19.8. The van der Waals surface area contributed by atoms with Crippen molar-refractivity contribution in [1.29, 1.82) is 0 Å². The number of nitrogens with zero attached hydrogens (tertiary/aromatic N) is 6. The van der Waals surface area contributed by atoms with Crippen molar-refractivity contribution < 1.29 is 23.8 Å². The number of hydrogen-bond donors (Lipinski definition) is 0. The van der Waals surface area contributed by atoms with Crippen LogP contribution in [-0.4, -0.2) is 55.1 Å². The van der Waals surface area contributed by atoms with Crippen molar-refractivity contribution in [3.63, 3.8) is 0 Å². The van der Waals surface area contributed by atoms with Crippen molar-refractivity contribution in [1.82, 2.24) is 29.8 Å². The van der Waals surface area contributed by atoms with Crippen LogP contribution >= 0.6 is 0 Å². The maximum absolute atomic E-state index is 13.6. The zero-order chi connectivity index (χ0) is 41.9. The first kappa shape index (κ1) is 39.4. The normalized spacial score (nSPS) is 11.7. The van der Waals surface area contributed by atoms with Gasteiger partial charge in [-0.1, -0.05) is 133 Å². The maximum atomic E-state index is 13.6. The number of ether oxygens (including phenoxy) is 3. The van der Waals surface area contributed by atoms with E-state index in [-0.39, 0.29) is 5.56 Å². The molecule has 6 aromatic carbocycles. The van der Waals surface area contributed by atoms with E-state index in [0.29, 0.717) is 35.2 Å². The fraction of sp³-hybridized carbons (Fsp3) is 0.184. The van der Waals surface area contributed by atoms with E-state index in [1.54, 1.807) is 26.8 Å². The highest BCUT2D eigenvalue weighted by atomic mass is 16.7. The van der Waals surface area contributed by atoms with Gasteiger partial charge in [0.15, 0.2) is 5.82 Å². The van der Waals surface area contributed by atoms with Gasteiger partial charge in [-0.25, -0.2) is 9.48 Å². The molecule has 2 heterocycles. The average molecular weight is 797 g/mol. The van der Waals surface area contributed by atoms with Crippen LogP contribution in [0.25, 0.3) is 39.2 Å². The van der Waals surface area contributed by atoms with Gasteiger partial charge >= 0.3 is 17.9 Å². The second kappa shape index (κ2) is 16.5. The molecule has 0 fully saturated rings. The molecule has 300 valence electrons. The van der Waals surface area contributed by atoms with Gasteiger partial charge in [0.2, 0.25) is 6.79 Å². The Bertz CT molecular complexity index is 2680. The molecule has 0 spiro atoms. The molecule has 8 rings (SSSR count). The monoisotopic (exact) mass is 796 g/mol. The molecule has 0 saturated carbocycles. The number of tetrazole rings is 1. The SMILES string of the molecule is CCOc1nc2c(C)ccc(C(=O)OCOC(=O)C(C)(C)C)c2n1-c1ccc(-c2ccccc2-c2nnnn2C(c2ccccc2)(c2ccccc2)c2ccccc2)cc1. The molecule has 0 bridgehead atoms. The van der Waals surface area contributed by atoms with Crippen LogP contribution in [0.15, 0.2) is 152 Å². The zero-order valence-corrected chi connectivity index (χ0v) is 34.1. The van der Waals surface area contributed by atoms with Crippen molar-refractivity contribution in [2.75, 3.05) is 13.4 Å². The molecule has 0 aliphatic carbocycles. The van der Waals surface area contributed by atoms with Crippen molar-refractivity contribution in [2.45, 2.75) is 40.2 Å². The summed E-state index contributed by atoms with van der Waals surface area (Å²) in [5.41, 5.74) is 6.88. The van der Waals surface area contributed by atoms with Crippen LogP contribution in [0.1, 0.15) is 60.3 Å². The summed E-state index contributed by atoms with van der Waals surface area (Å²) in [7, 11) is 0. The topological polar surface area (TPSA) is 123 Å². The largest absolute Gasteiger partial charge is 0.465 e. The Morgan fingerprint density at radius 1 is 0.667 bits per heavy atom. The standard InChI is InChI=1S/C49H44N6O5/c1-6-58-47-50-42-33(2)26-31-41(45(56)59-32-60-46(57)48(3,4)5)43(42)54(47)38-29-27-34(28-30-38)39-24-16-17-25-40(39)44-51-52-53-55(44)49(35-18-10-7-11-19-35,36-20-12-8-13-21-36)37-22-14-9-15-23-37/h7-31H,6,32H2,1-5H3. The molecule has 8 aromatic rings. The second-order valence-corrected chi connectivity index (χ2v) is 15.3. The smallest absolute Gasteiger partial charge is 0.343 e. The molecule has 60 heavy (non-hydrogen) atoms. The Hall–Kier alpha value is -7.40. The van der Waals surface area contributed by atoms with E-state index < -0.39 is 29.7 Å². The molecule has 11 heteroatoms. The van der Waals surface area contributed by atoms with Crippen LogP contribution in [0.3, 0.4) is 0 Å². The molecule has 0 aliphatic heterocycles. The van der Waals surface area contributed by atoms with Crippen molar-refractivity contribution in [3.05, 3.63) is 179 Å². The van der Waals surface area contributed by atoms with Crippen LogP contribution < -0.4 is 4.74 Å². The van der Waals surface area contributed by atoms with Crippen LogP contribution in [0, 0.1) is 12.3 Å². The van der Waals surface area contributed by atoms with Gasteiger partial charge in [-0.3, -0.25) is 9.36 Å². The number of esters is 2. The summed E-state index contributed by atoms with van der Waals surface area (Å²) in [5.74, 6) is -0.557. The van der Waals surface area contributed by atoms with E-state index >= 15 is 0 Å². The molecular formula is C49H44N6O5. The Morgan fingerprint density at radius 3 is 1.80 bits per heavy atom. The van der Waals surface area contributed by atoms with E-state index in [4.69, 9.17) is 29.5 Å². The van der Waals surface area contributed by atoms with E-state index in [9.17, 15) is 9.59 Å². The third-order valence-corrected chi connectivity index (χ3v) is 10.4. The third-order valence-electron chi connectivity index (χ3n) is 10.4. The van der Waals surface area contributed by atoms with Gasteiger partial charge in [-0.15, -0.1) is 5.10 Å². The first-order valence-electron chi connectivity index (χ1n) is 19.8. The molecule has 11 nitrogen and oxygen atoms in total. The molecule has 0 unspecified atom stereocenters. The Balaban J connectivity index is 1.23. The molecule has 0 aliphatic rings. The average Bonchev–Trinajstić information content (AvgIpc) is 3.92. The van der Waals surface area contributed by atoms with Gasteiger partial charge in [-0.2, -0.15) is 4.98 Å². The number of carbonyl (C=O) groups is 2. The summed E-state index contributed by atoms with van der Waals surface area (Å²) in [5, 5.41) is 13.8. The summed E-state index contributed by atoms with van der Waals surface area (Å²) >= 11 is 0. The van der Waals surface area contributed by atoms with Crippen LogP contribution in [0.4, 0.5) is 0 Å². The zero-order valence-electron chi connectivity index (χ0n) is 34.1. The van der Waals surface area contributed by atoms with Gasteiger partial charge in [0.05, 0.1) is 34.3 Å². The van der Waals surface area contributed by atoms with Crippen molar-refractivity contribution >= 4 is 23.0 Å². The predicted molar refractivity (Wildman–Crippen MR) is 230 cm³/mol. The number of fused-ring (bicyclic) bond motifs is 1. The molecule has 0 saturated heterocycles. The minimum absolute atomic E-state index is 0.251. The molecule has 2 aromatic heterocycles. The number of aromatic nitrogens is 6.